The Labute approximate surface area is 78.8 Å². The third-order valence-corrected chi connectivity index (χ3v) is 1.71. The van der Waals surface area contributed by atoms with E-state index in [9.17, 15) is 4.79 Å². The summed E-state index contributed by atoms with van der Waals surface area (Å²) in [4.78, 5) is 11.0. The van der Waals surface area contributed by atoms with E-state index in [0.717, 1.165) is 6.54 Å². The minimum absolute atomic E-state index is 0.223. The van der Waals surface area contributed by atoms with E-state index in [1.54, 1.807) is 0 Å². The van der Waals surface area contributed by atoms with E-state index in [1.165, 1.54) is 0 Å². The van der Waals surface area contributed by atoms with Crippen molar-refractivity contribution in [3.63, 3.8) is 0 Å². The van der Waals surface area contributed by atoms with Crippen LogP contribution in [0, 0.1) is 0 Å². The Morgan fingerprint density at radius 3 is 3.18 bits per heavy atom. The monoisotopic (exact) mass is 271 g/mol. The number of carbonyl (C=O) groups is 1. The molecule has 1 aliphatic rings. The number of hydrogen-bond donors (Lipinski definition) is 1. The summed E-state index contributed by atoms with van der Waals surface area (Å²) in [5.41, 5.74) is 0. The largest absolute Gasteiger partial charge is 0.454 e. The zero-order chi connectivity index (χ0) is 8.10. The summed E-state index contributed by atoms with van der Waals surface area (Å²) in [5.74, 6) is -0.223. The van der Waals surface area contributed by atoms with Crippen molar-refractivity contribution in [3.8, 4) is 0 Å². The van der Waals surface area contributed by atoms with E-state index in [2.05, 4.69) is 5.32 Å². The van der Waals surface area contributed by atoms with E-state index < -0.39 is 0 Å². The molecule has 1 heterocycles. The number of hydrogen-bond acceptors (Lipinski definition) is 4. The Balaban J connectivity index is 2.27. The van der Waals surface area contributed by atoms with Crippen molar-refractivity contribution in [2.45, 2.75) is 6.04 Å². The summed E-state index contributed by atoms with van der Waals surface area (Å²) in [7, 11) is 0. The van der Waals surface area contributed by atoms with Crippen LogP contribution in [0.4, 0.5) is 0 Å². The van der Waals surface area contributed by atoms with Crippen molar-refractivity contribution in [1.29, 1.82) is 0 Å². The van der Waals surface area contributed by atoms with Gasteiger partial charge in [0.15, 0.2) is 0 Å². The predicted octanol–water partition coefficient (Wildman–Crippen LogP) is -0.0895. The van der Waals surface area contributed by atoms with Crippen molar-refractivity contribution >= 4 is 28.6 Å². The lowest BCUT2D eigenvalue weighted by Crippen LogP contribution is -2.47. The first-order valence-electron chi connectivity index (χ1n) is 3.38. The molecular formula is C6H10INO3. The van der Waals surface area contributed by atoms with Gasteiger partial charge in [-0.05, 0) is 22.6 Å². The van der Waals surface area contributed by atoms with Crippen molar-refractivity contribution in [3.05, 3.63) is 0 Å². The molecule has 1 unspecified atom stereocenters. The van der Waals surface area contributed by atoms with Gasteiger partial charge in [0.25, 0.3) is 0 Å². The molecule has 1 aliphatic heterocycles. The molecule has 0 saturated carbocycles. The van der Waals surface area contributed by atoms with Gasteiger partial charge in [0.1, 0.15) is 10.7 Å². The highest BCUT2D eigenvalue weighted by atomic mass is 127. The highest BCUT2D eigenvalue weighted by Gasteiger charge is 2.21. The third kappa shape index (κ3) is 2.92. The first-order chi connectivity index (χ1) is 5.34. The summed E-state index contributed by atoms with van der Waals surface area (Å²) < 4.78 is 10.3. The normalized spacial score (nSPS) is 24.6. The van der Waals surface area contributed by atoms with Crippen molar-refractivity contribution < 1.29 is 14.3 Å². The summed E-state index contributed by atoms with van der Waals surface area (Å²) in [6.45, 7) is 1.82. The number of carbonyl (C=O) groups excluding carboxylic acids is 1. The van der Waals surface area contributed by atoms with E-state index in [4.69, 9.17) is 9.47 Å². The maximum Gasteiger partial charge on any atom is 0.326 e. The van der Waals surface area contributed by atoms with Crippen LogP contribution in [0.5, 0.6) is 0 Å². The van der Waals surface area contributed by atoms with Gasteiger partial charge >= 0.3 is 5.97 Å². The second-order valence-corrected chi connectivity index (χ2v) is 2.78. The first-order valence-corrected chi connectivity index (χ1v) is 4.91. The van der Waals surface area contributed by atoms with Crippen LogP contribution in [0.1, 0.15) is 0 Å². The van der Waals surface area contributed by atoms with Crippen molar-refractivity contribution in [1.82, 2.24) is 5.32 Å². The molecule has 11 heavy (non-hydrogen) atoms. The molecule has 1 rings (SSSR count). The highest BCUT2D eigenvalue weighted by Crippen LogP contribution is 1.97. The number of ether oxygens (including phenoxy) is 2. The van der Waals surface area contributed by atoms with Crippen LogP contribution in [0.25, 0.3) is 0 Å². The third-order valence-electron chi connectivity index (χ3n) is 1.40. The van der Waals surface area contributed by atoms with Gasteiger partial charge in [0.05, 0.1) is 13.2 Å². The lowest BCUT2D eigenvalue weighted by atomic mass is 10.3. The van der Waals surface area contributed by atoms with Crippen LogP contribution in [0.2, 0.25) is 0 Å². The maximum absolute atomic E-state index is 11.0. The fourth-order valence-corrected chi connectivity index (χ4v) is 1.18. The SMILES string of the molecule is O=C(OCI)C1COCCN1. The van der Waals surface area contributed by atoms with E-state index in [1.807, 2.05) is 22.6 Å². The summed E-state index contributed by atoms with van der Waals surface area (Å²) in [5, 5.41) is 3.00. The molecule has 0 bridgehead atoms. The van der Waals surface area contributed by atoms with Crippen LogP contribution in [0.3, 0.4) is 0 Å². The highest BCUT2D eigenvalue weighted by molar-refractivity contribution is 14.1. The fraction of sp³-hybridized carbons (Fsp3) is 0.833. The van der Waals surface area contributed by atoms with Crippen LogP contribution < -0.4 is 5.32 Å². The molecule has 1 N–H and O–H groups in total. The molecule has 0 spiro atoms. The number of esters is 1. The molecule has 1 saturated heterocycles. The van der Waals surface area contributed by atoms with E-state index in [-0.39, 0.29) is 12.0 Å². The second-order valence-electron chi connectivity index (χ2n) is 2.15. The minimum atomic E-state index is -0.265. The smallest absolute Gasteiger partial charge is 0.326 e. The number of nitrogens with one attached hydrogen (secondary N) is 1. The van der Waals surface area contributed by atoms with Gasteiger partial charge < -0.3 is 14.8 Å². The van der Waals surface area contributed by atoms with E-state index >= 15 is 0 Å². The predicted molar refractivity (Wildman–Crippen MR) is 47.6 cm³/mol. The molecule has 4 nitrogen and oxygen atoms in total. The number of rotatable bonds is 2. The lowest BCUT2D eigenvalue weighted by Gasteiger charge is -2.21. The molecule has 1 fully saturated rings. The van der Waals surface area contributed by atoms with Gasteiger partial charge in [-0.1, -0.05) is 0 Å². The van der Waals surface area contributed by atoms with Gasteiger partial charge in [-0.3, -0.25) is 4.79 Å². The Hall–Kier alpha value is 0.120. The van der Waals surface area contributed by atoms with Gasteiger partial charge in [-0.2, -0.15) is 0 Å². The molecule has 0 aromatic rings. The maximum atomic E-state index is 11.0. The number of alkyl halides is 1. The van der Waals surface area contributed by atoms with Crippen LogP contribution in [-0.4, -0.2) is 36.4 Å². The molecule has 1 atom stereocenters. The van der Waals surface area contributed by atoms with Crippen molar-refractivity contribution in [2.24, 2.45) is 0 Å². The molecular weight excluding hydrogens is 261 g/mol. The molecule has 5 heteroatoms. The van der Waals surface area contributed by atoms with Crippen LogP contribution in [0.15, 0.2) is 0 Å². The Bertz CT molecular complexity index is 136. The number of morpholine rings is 1. The molecule has 0 aromatic heterocycles. The molecule has 0 aromatic carbocycles. The lowest BCUT2D eigenvalue weighted by molar-refractivity contribution is -0.146. The number of halogens is 1. The zero-order valence-corrected chi connectivity index (χ0v) is 8.17. The van der Waals surface area contributed by atoms with E-state index in [0.29, 0.717) is 17.8 Å². The van der Waals surface area contributed by atoms with Gasteiger partial charge in [-0.15, -0.1) is 0 Å². The summed E-state index contributed by atoms with van der Waals surface area (Å²) in [6, 6.07) is -0.265. The van der Waals surface area contributed by atoms with Gasteiger partial charge in [-0.25, -0.2) is 0 Å². The fourth-order valence-electron chi connectivity index (χ4n) is 0.871. The molecule has 64 valence electrons. The topological polar surface area (TPSA) is 47.6 Å². The zero-order valence-electron chi connectivity index (χ0n) is 6.01. The Morgan fingerprint density at radius 2 is 2.64 bits per heavy atom. The van der Waals surface area contributed by atoms with Crippen LogP contribution in [-0.2, 0) is 14.3 Å². The van der Waals surface area contributed by atoms with Crippen LogP contribution >= 0.6 is 22.6 Å². The molecule has 0 amide bonds. The Kier molecular flexibility index (Phi) is 4.09. The van der Waals surface area contributed by atoms with Crippen molar-refractivity contribution in [2.75, 3.05) is 24.4 Å². The second kappa shape index (κ2) is 4.89. The van der Waals surface area contributed by atoms with Gasteiger partial charge in [0, 0.05) is 6.54 Å². The average molecular weight is 271 g/mol. The Morgan fingerprint density at radius 1 is 1.82 bits per heavy atom. The molecule has 0 radical (unpaired) electrons. The summed E-state index contributed by atoms with van der Waals surface area (Å²) >= 11 is 1.99. The molecule has 0 aliphatic carbocycles. The van der Waals surface area contributed by atoms with Gasteiger partial charge in [0.2, 0.25) is 0 Å². The first kappa shape index (κ1) is 9.21. The quantitative estimate of drug-likeness (QED) is 0.433. The summed E-state index contributed by atoms with van der Waals surface area (Å²) in [6.07, 6.45) is 0. The standard InChI is InChI=1S/C6H10INO3/c7-4-11-6(9)5-3-10-2-1-8-5/h5,8H,1-4H2. The average Bonchev–Trinajstić information content (AvgIpc) is 2.07. The minimum Gasteiger partial charge on any atom is -0.454 e.